The fraction of sp³-hybridized carbons (Fsp3) is 0.158. The first kappa shape index (κ1) is 18.3. The second-order valence-electron chi connectivity index (χ2n) is 5.78. The van der Waals surface area contributed by atoms with Gasteiger partial charge >= 0.3 is 0 Å². The first-order valence-electron chi connectivity index (χ1n) is 7.84. The largest absolute Gasteiger partial charge is 0.507 e. The van der Waals surface area contributed by atoms with E-state index in [-0.39, 0.29) is 24.5 Å². The predicted molar refractivity (Wildman–Crippen MR) is 96.6 cm³/mol. The van der Waals surface area contributed by atoms with Crippen molar-refractivity contribution in [3.63, 3.8) is 0 Å². The lowest BCUT2D eigenvalue weighted by Crippen LogP contribution is -2.32. The molecule has 5 nitrogen and oxygen atoms in total. The highest BCUT2D eigenvalue weighted by Gasteiger charge is 2.45. The highest BCUT2D eigenvalue weighted by Crippen LogP contribution is 2.39. The molecule has 1 amide bonds. The molecule has 2 N–H and O–H groups in total. The lowest BCUT2D eigenvalue weighted by atomic mass is 9.95. The Morgan fingerprint density at radius 1 is 1.15 bits per heavy atom. The third kappa shape index (κ3) is 3.27. The van der Waals surface area contributed by atoms with Crippen LogP contribution in [0.2, 0.25) is 0 Å². The minimum atomic E-state index is -0.971. The van der Waals surface area contributed by atoms with Crippen LogP contribution in [0.3, 0.4) is 0 Å². The minimum absolute atomic E-state index is 0.108. The number of Topliss-reactive ketones (excluding diaryl/α,β-unsaturated/α-hetero) is 1. The minimum Gasteiger partial charge on any atom is -0.507 e. The zero-order valence-electron chi connectivity index (χ0n) is 13.5. The number of amides is 1. The molecule has 1 fully saturated rings. The summed E-state index contributed by atoms with van der Waals surface area (Å²) < 4.78 is 14.5. The molecule has 1 atom stereocenters. The van der Waals surface area contributed by atoms with Gasteiger partial charge in [-0.3, -0.25) is 9.59 Å². The van der Waals surface area contributed by atoms with Gasteiger partial charge in [0, 0.05) is 16.6 Å². The zero-order valence-corrected chi connectivity index (χ0v) is 15.1. The Kier molecular flexibility index (Phi) is 5.20. The second kappa shape index (κ2) is 7.39. The molecule has 0 unspecified atom stereocenters. The van der Waals surface area contributed by atoms with E-state index in [9.17, 15) is 24.2 Å². The Morgan fingerprint density at radius 3 is 2.46 bits per heavy atom. The number of rotatable bonds is 4. The van der Waals surface area contributed by atoms with Gasteiger partial charge in [-0.25, -0.2) is 4.39 Å². The second-order valence-corrected chi connectivity index (χ2v) is 6.69. The number of carbonyl (C=O) groups is 2. The summed E-state index contributed by atoms with van der Waals surface area (Å²) in [6.45, 7) is -0.472. The van der Waals surface area contributed by atoms with E-state index in [0.29, 0.717) is 11.1 Å². The molecule has 2 aromatic rings. The molecule has 2 aromatic carbocycles. The average molecular weight is 420 g/mol. The first-order valence-corrected chi connectivity index (χ1v) is 8.64. The molecule has 0 spiro atoms. The van der Waals surface area contributed by atoms with Gasteiger partial charge in [-0.2, -0.15) is 0 Å². The number of aliphatic hydroxyl groups is 2. The summed E-state index contributed by atoms with van der Waals surface area (Å²) >= 11 is 3.29. The maximum Gasteiger partial charge on any atom is 0.295 e. The molecule has 1 aliphatic heterocycles. The molecular weight excluding hydrogens is 405 g/mol. The lowest BCUT2D eigenvalue weighted by molar-refractivity contribution is -0.140. The Hall–Kier alpha value is -2.51. The SMILES string of the molecule is O=C1C(=O)N(CCO)[C@@H](c2cccc(F)c2)C1=C(O)c1ccc(Br)cc1. The highest BCUT2D eigenvalue weighted by atomic mass is 79.9. The van der Waals surface area contributed by atoms with Crippen molar-refractivity contribution in [1.82, 2.24) is 4.90 Å². The van der Waals surface area contributed by atoms with Crippen LogP contribution in [0.15, 0.2) is 58.6 Å². The van der Waals surface area contributed by atoms with Crippen molar-refractivity contribution in [2.45, 2.75) is 6.04 Å². The topological polar surface area (TPSA) is 77.8 Å². The smallest absolute Gasteiger partial charge is 0.295 e. The van der Waals surface area contributed by atoms with Crippen molar-refractivity contribution < 1.29 is 24.2 Å². The number of carbonyl (C=O) groups excluding carboxylic acids is 2. The molecule has 0 aliphatic carbocycles. The van der Waals surface area contributed by atoms with Gasteiger partial charge in [-0.1, -0.05) is 40.2 Å². The number of hydrogen-bond donors (Lipinski definition) is 2. The molecule has 0 saturated carbocycles. The maximum absolute atomic E-state index is 13.7. The third-order valence-electron chi connectivity index (χ3n) is 4.16. The van der Waals surface area contributed by atoms with Crippen LogP contribution in [0.25, 0.3) is 5.76 Å². The number of β-amino-alcohol motifs (C(OH)–C–C–N with tert-alkyl or cyclic N) is 1. The van der Waals surface area contributed by atoms with Gasteiger partial charge in [0.25, 0.3) is 11.7 Å². The van der Waals surface area contributed by atoms with Crippen LogP contribution < -0.4 is 0 Å². The number of halogens is 2. The number of ketones is 1. The van der Waals surface area contributed by atoms with Crippen molar-refractivity contribution in [3.8, 4) is 0 Å². The van der Waals surface area contributed by atoms with Gasteiger partial charge < -0.3 is 15.1 Å². The number of nitrogens with zero attached hydrogens (tertiary/aromatic N) is 1. The average Bonchev–Trinajstić information content (AvgIpc) is 2.87. The lowest BCUT2D eigenvalue weighted by Gasteiger charge is -2.24. The van der Waals surface area contributed by atoms with Gasteiger partial charge in [-0.05, 0) is 29.8 Å². The molecule has 0 bridgehead atoms. The summed E-state index contributed by atoms with van der Waals surface area (Å²) in [6.07, 6.45) is 0. The molecule has 134 valence electrons. The molecule has 26 heavy (non-hydrogen) atoms. The van der Waals surface area contributed by atoms with E-state index in [4.69, 9.17) is 0 Å². The summed E-state index contributed by atoms with van der Waals surface area (Å²) in [5, 5.41) is 20.0. The van der Waals surface area contributed by atoms with E-state index < -0.39 is 23.5 Å². The van der Waals surface area contributed by atoms with Gasteiger partial charge in [0.1, 0.15) is 11.6 Å². The van der Waals surface area contributed by atoms with E-state index in [0.717, 1.165) is 9.37 Å². The number of likely N-dealkylation sites (tertiary alicyclic amines) is 1. The standard InChI is InChI=1S/C19H15BrFNO4/c20-13-6-4-11(5-7-13)17(24)15-16(12-2-1-3-14(21)10-12)22(8-9-23)19(26)18(15)25/h1-7,10,16,23-24H,8-9H2/t16-/m0/s1. The Bertz CT molecular complexity index is 895. The predicted octanol–water partition coefficient (Wildman–Crippen LogP) is 3.00. The van der Waals surface area contributed by atoms with Crippen LogP contribution in [-0.2, 0) is 9.59 Å². The van der Waals surface area contributed by atoms with Crippen molar-refractivity contribution in [3.05, 3.63) is 75.5 Å². The molecule has 3 rings (SSSR count). The fourth-order valence-electron chi connectivity index (χ4n) is 3.00. The van der Waals surface area contributed by atoms with Crippen molar-refractivity contribution in [2.24, 2.45) is 0 Å². The molecule has 7 heteroatoms. The first-order chi connectivity index (χ1) is 12.4. The highest BCUT2D eigenvalue weighted by molar-refractivity contribution is 9.10. The van der Waals surface area contributed by atoms with Crippen LogP contribution in [0.4, 0.5) is 4.39 Å². The number of hydrogen-bond acceptors (Lipinski definition) is 4. The van der Waals surface area contributed by atoms with Crippen LogP contribution >= 0.6 is 15.9 Å². The van der Waals surface area contributed by atoms with Crippen LogP contribution in [-0.4, -0.2) is 40.0 Å². The molecule has 0 aromatic heterocycles. The van der Waals surface area contributed by atoms with Crippen LogP contribution in [0.5, 0.6) is 0 Å². The molecule has 1 aliphatic rings. The van der Waals surface area contributed by atoms with Crippen LogP contribution in [0.1, 0.15) is 17.2 Å². The van der Waals surface area contributed by atoms with E-state index in [2.05, 4.69) is 15.9 Å². The fourth-order valence-corrected chi connectivity index (χ4v) is 3.27. The van der Waals surface area contributed by atoms with Crippen molar-refractivity contribution in [2.75, 3.05) is 13.2 Å². The Balaban J connectivity index is 2.19. The number of aliphatic hydroxyl groups excluding tert-OH is 2. The monoisotopic (exact) mass is 419 g/mol. The van der Waals surface area contributed by atoms with E-state index in [1.54, 1.807) is 30.3 Å². The summed E-state index contributed by atoms with van der Waals surface area (Å²) in [7, 11) is 0. The van der Waals surface area contributed by atoms with E-state index in [1.807, 2.05) is 0 Å². The molecule has 1 heterocycles. The van der Waals surface area contributed by atoms with Gasteiger partial charge in [-0.15, -0.1) is 0 Å². The normalized spacial score (nSPS) is 19.2. The summed E-state index contributed by atoms with van der Waals surface area (Å²) in [5.74, 6) is -2.58. The van der Waals surface area contributed by atoms with E-state index >= 15 is 0 Å². The van der Waals surface area contributed by atoms with Gasteiger partial charge in [0.15, 0.2) is 0 Å². The van der Waals surface area contributed by atoms with Gasteiger partial charge in [0.05, 0.1) is 18.2 Å². The molecule has 0 radical (unpaired) electrons. The summed E-state index contributed by atoms with van der Waals surface area (Å²) in [6, 6.07) is 11.1. The van der Waals surface area contributed by atoms with E-state index in [1.165, 1.54) is 18.2 Å². The zero-order chi connectivity index (χ0) is 18.8. The molecule has 1 saturated heterocycles. The van der Waals surface area contributed by atoms with Crippen molar-refractivity contribution in [1.29, 1.82) is 0 Å². The summed E-state index contributed by atoms with van der Waals surface area (Å²) in [4.78, 5) is 26.1. The number of benzene rings is 2. The quantitative estimate of drug-likeness (QED) is 0.453. The van der Waals surface area contributed by atoms with Gasteiger partial charge in [0.2, 0.25) is 0 Å². The molecular formula is C19H15BrFNO4. The third-order valence-corrected chi connectivity index (χ3v) is 4.69. The maximum atomic E-state index is 13.7. The van der Waals surface area contributed by atoms with Crippen molar-refractivity contribution >= 4 is 33.4 Å². The van der Waals surface area contributed by atoms with Crippen LogP contribution in [0, 0.1) is 5.82 Å². The Labute approximate surface area is 157 Å². The Morgan fingerprint density at radius 2 is 1.85 bits per heavy atom. The summed E-state index contributed by atoms with van der Waals surface area (Å²) in [5.41, 5.74) is 0.573.